The van der Waals surface area contributed by atoms with Crippen LogP contribution < -0.4 is 9.47 Å². The molecule has 0 bridgehead atoms. The van der Waals surface area contributed by atoms with Crippen molar-refractivity contribution in [3.05, 3.63) is 59.2 Å². The van der Waals surface area contributed by atoms with Gasteiger partial charge in [0.05, 0.1) is 19.8 Å². The number of nitrogens with zero attached hydrogens (tertiary/aromatic N) is 2. The Bertz CT molecular complexity index is 916. The molecule has 0 unspecified atom stereocenters. The van der Waals surface area contributed by atoms with E-state index in [9.17, 15) is 9.90 Å². The van der Waals surface area contributed by atoms with Crippen molar-refractivity contribution in [2.75, 3.05) is 27.8 Å². The van der Waals surface area contributed by atoms with Crippen molar-refractivity contribution in [1.29, 1.82) is 0 Å². The molecule has 2 atom stereocenters. The molecule has 0 aliphatic carbocycles. The second-order valence-corrected chi connectivity index (χ2v) is 7.72. The smallest absolute Gasteiger partial charge is 0.323 e. The van der Waals surface area contributed by atoms with Gasteiger partial charge in [-0.1, -0.05) is 30.3 Å². The number of carbonyl (C=O) groups is 1. The Morgan fingerprint density at radius 1 is 1.11 bits per heavy atom. The van der Waals surface area contributed by atoms with E-state index in [0.717, 1.165) is 11.1 Å². The topological polar surface area (TPSA) is 62.2 Å². The SMILES string of the molecule is COc1cc2c(cc1OC)[C@@]1(O)N(CC2)C(=O)N(C)[C@]1(C)Cc1ccccc1. The van der Waals surface area contributed by atoms with Gasteiger partial charge in [0.15, 0.2) is 17.2 Å². The second kappa shape index (κ2) is 6.41. The van der Waals surface area contributed by atoms with Gasteiger partial charge in [-0.05, 0) is 36.6 Å². The molecule has 2 aromatic carbocycles. The molecule has 2 aliphatic rings. The lowest BCUT2D eigenvalue weighted by Crippen LogP contribution is -2.60. The maximum atomic E-state index is 13.1. The Hall–Kier alpha value is -2.73. The zero-order chi connectivity index (χ0) is 20.1. The summed E-state index contributed by atoms with van der Waals surface area (Å²) in [6.07, 6.45) is 1.18. The quantitative estimate of drug-likeness (QED) is 0.883. The number of hydrogen-bond acceptors (Lipinski definition) is 4. The zero-order valence-electron chi connectivity index (χ0n) is 16.7. The van der Waals surface area contributed by atoms with Crippen molar-refractivity contribution in [3.8, 4) is 11.5 Å². The molecular formula is C22H26N2O4. The third kappa shape index (κ3) is 2.34. The van der Waals surface area contributed by atoms with Crippen LogP contribution in [0.4, 0.5) is 4.79 Å². The number of carbonyl (C=O) groups excluding carboxylic acids is 1. The molecule has 2 amide bonds. The van der Waals surface area contributed by atoms with Gasteiger partial charge in [-0.3, -0.25) is 4.90 Å². The van der Waals surface area contributed by atoms with E-state index >= 15 is 0 Å². The Morgan fingerprint density at radius 3 is 2.39 bits per heavy atom. The van der Waals surface area contributed by atoms with Crippen molar-refractivity contribution >= 4 is 6.03 Å². The van der Waals surface area contributed by atoms with Crippen LogP contribution in [0.1, 0.15) is 23.6 Å². The zero-order valence-corrected chi connectivity index (χ0v) is 16.7. The van der Waals surface area contributed by atoms with E-state index in [1.54, 1.807) is 31.1 Å². The number of amides is 2. The molecule has 2 heterocycles. The number of ether oxygens (including phenoxy) is 2. The minimum absolute atomic E-state index is 0.165. The molecule has 0 radical (unpaired) electrons. The first kappa shape index (κ1) is 18.6. The van der Waals surface area contributed by atoms with Crippen LogP contribution in [0.3, 0.4) is 0 Å². The number of benzene rings is 2. The fourth-order valence-electron chi connectivity index (χ4n) is 4.67. The molecule has 148 valence electrons. The highest BCUT2D eigenvalue weighted by Gasteiger charge is 2.65. The lowest BCUT2D eigenvalue weighted by Gasteiger charge is -2.47. The van der Waals surface area contributed by atoms with Gasteiger partial charge >= 0.3 is 6.03 Å². The minimum atomic E-state index is -1.47. The van der Waals surface area contributed by atoms with E-state index in [4.69, 9.17) is 9.47 Å². The maximum Gasteiger partial charge on any atom is 0.323 e. The van der Waals surface area contributed by atoms with Crippen LogP contribution in [-0.2, 0) is 18.6 Å². The molecule has 28 heavy (non-hydrogen) atoms. The van der Waals surface area contributed by atoms with Crippen LogP contribution in [0, 0.1) is 0 Å². The summed E-state index contributed by atoms with van der Waals surface area (Å²) >= 11 is 0. The predicted molar refractivity (Wildman–Crippen MR) is 106 cm³/mol. The summed E-state index contributed by atoms with van der Waals surface area (Å²) in [5, 5.41) is 12.1. The first-order chi connectivity index (χ1) is 13.4. The highest BCUT2D eigenvalue weighted by atomic mass is 16.5. The highest BCUT2D eigenvalue weighted by molar-refractivity contribution is 5.81. The highest BCUT2D eigenvalue weighted by Crippen LogP contribution is 2.52. The average Bonchev–Trinajstić information content (AvgIpc) is 2.86. The van der Waals surface area contributed by atoms with Crippen LogP contribution in [0.25, 0.3) is 0 Å². The van der Waals surface area contributed by atoms with Gasteiger partial charge in [-0.2, -0.15) is 0 Å². The van der Waals surface area contributed by atoms with Crippen molar-refractivity contribution in [2.45, 2.75) is 31.0 Å². The Kier molecular flexibility index (Phi) is 4.27. The summed E-state index contributed by atoms with van der Waals surface area (Å²) in [7, 11) is 4.94. The molecule has 2 aliphatic heterocycles. The number of urea groups is 1. The predicted octanol–water partition coefficient (Wildman–Crippen LogP) is 2.77. The van der Waals surface area contributed by atoms with Crippen LogP contribution >= 0.6 is 0 Å². The van der Waals surface area contributed by atoms with Gasteiger partial charge in [-0.15, -0.1) is 0 Å². The van der Waals surface area contributed by atoms with E-state index in [1.807, 2.05) is 49.4 Å². The van der Waals surface area contributed by atoms with E-state index < -0.39 is 11.3 Å². The molecule has 6 nitrogen and oxygen atoms in total. The standard InChI is InChI=1S/C22H26N2O4/c1-21(14-15-8-6-5-7-9-15)22(26)17-13-19(28-4)18(27-3)12-16(17)10-11-24(22)20(25)23(21)2/h5-9,12-13,26H,10-11,14H2,1-4H3/t21-,22+/m1/s1. The van der Waals surface area contributed by atoms with Crippen molar-refractivity contribution < 1.29 is 19.4 Å². The third-order valence-corrected chi connectivity index (χ3v) is 6.38. The molecule has 1 saturated heterocycles. The number of hydrogen-bond donors (Lipinski definition) is 1. The first-order valence-corrected chi connectivity index (χ1v) is 9.44. The van der Waals surface area contributed by atoms with Crippen LogP contribution in [0.2, 0.25) is 0 Å². The number of rotatable bonds is 4. The average molecular weight is 382 g/mol. The van der Waals surface area contributed by atoms with Gasteiger partial charge in [0.25, 0.3) is 0 Å². The summed E-state index contributed by atoms with van der Waals surface area (Å²) in [6.45, 7) is 2.40. The van der Waals surface area contributed by atoms with Gasteiger partial charge in [0.2, 0.25) is 0 Å². The number of fused-ring (bicyclic) bond motifs is 3. The fourth-order valence-corrected chi connectivity index (χ4v) is 4.67. The summed E-state index contributed by atoms with van der Waals surface area (Å²) in [5.74, 6) is 1.17. The van der Waals surface area contributed by atoms with E-state index in [2.05, 4.69) is 0 Å². The number of methoxy groups -OCH3 is 2. The second-order valence-electron chi connectivity index (χ2n) is 7.72. The van der Waals surface area contributed by atoms with Crippen LogP contribution in [0.5, 0.6) is 11.5 Å². The molecule has 6 heteroatoms. The molecule has 4 rings (SSSR count). The molecular weight excluding hydrogens is 356 g/mol. The van der Waals surface area contributed by atoms with Gasteiger partial charge in [0, 0.05) is 25.6 Å². The van der Waals surface area contributed by atoms with E-state index in [-0.39, 0.29) is 6.03 Å². The summed E-state index contributed by atoms with van der Waals surface area (Å²) in [5.41, 5.74) is 0.418. The van der Waals surface area contributed by atoms with Gasteiger partial charge < -0.3 is 19.5 Å². The van der Waals surface area contributed by atoms with Gasteiger partial charge in [-0.25, -0.2) is 4.79 Å². The normalized spacial score (nSPS) is 26.1. The molecule has 0 aromatic heterocycles. The fraction of sp³-hybridized carbons (Fsp3) is 0.409. The monoisotopic (exact) mass is 382 g/mol. The summed E-state index contributed by atoms with van der Waals surface area (Å²) in [4.78, 5) is 16.3. The van der Waals surface area contributed by atoms with Crippen LogP contribution in [-0.4, -0.2) is 54.3 Å². The molecule has 0 spiro atoms. The summed E-state index contributed by atoms with van der Waals surface area (Å²) < 4.78 is 10.9. The van der Waals surface area contributed by atoms with Crippen molar-refractivity contribution in [2.24, 2.45) is 0 Å². The Morgan fingerprint density at radius 2 is 1.75 bits per heavy atom. The lowest BCUT2D eigenvalue weighted by atomic mass is 9.74. The molecule has 1 fully saturated rings. The number of likely N-dealkylation sites (N-methyl/N-ethyl adjacent to an activating group) is 1. The van der Waals surface area contributed by atoms with Crippen LogP contribution in [0.15, 0.2) is 42.5 Å². The lowest BCUT2D eigenvalue weighted by molar-refractivity contribution is -0.137. The Balaban J connectivity index is 1.91. The third-order valence-electron chi connectivity index (χ3n) is 6.38. The Labute approximate surface area is 165 Å². The molecule has 0 saturated carbocycles. The van der Waals surface area contributed by atoms with Gasteiger partial charge in [0.1, 0.15) is 0 Å². The maximum absolute atomic E-state index is 13.1. The number of aliphatic hydroxyl groups is 1. The van der Waals surface area contributed by atoms with E-state index in [0.29, 0.717) is 36.4 Å². The van der Waals surface area contributed by atoms with E-state index in [1.165, 1.54) is 0 Å². The van der Waals surface area contributed by atoms with Crippen molar-refractivity contribution in [1.82, 2.24) is 9.80 Å². The molecule has 2 aromatic rings. The summed E-state index contributed by atoms with van der Waals surface area (Å²) in [6, 6.07) is 13.5. The first-order valence-electron chi connectivity index (χ1n) is 9.44. The minimum Gasteiger partial charge on any atom is -0.493 e. The largest absolute Gasteiger partial charge is 0.493 e. The van der Waals surface area contributed by atoms with Crippen molar-refractivity contribution in [3.63, 3.8) is 0 Å². The molecule has 1 N–H and O–H groups in total.